The third kappa shape index (κ3) is 7.50. The summed E-state index contributed by atoms with van der Waals surface area (Å²) >= 11 is 0. The van der Waals surface area contributed by atoms with Gasteiger partial charge in [0, 0.05) is 13.1 Å². The summed E-state index contributed by atoms with van der Waals surface area (Å²) in [5, 5.41) is 5.09. The average molecular weight is 589 g/mol. The molecule has 2 aliphatic heterocycles. The number of amides is 6. The molecule has 42 heavy (non-hydrogen) atoms. The maximum absolute atomic E-state index is 13.3. The molecule has 0 spiro atoms. The number of rotatable bonds is 22. The lowest BCUT2D eigenvalue weighted by Gasteiger charge is -2.71. The quantitative estimate of drug-likeness (QED) is 0.127. The van der Waals surface area contributed by atoms with Gasteiger partial charge in [0.15, 0.2) is 0 Å². The lowest BCUT2D eigenvalue weighted by Crippen LogP contribution is -2.91. The van der Waals surface area contributed by atoms with Crippen LogP contribution in [-0.2, 0) is 9.59 Å². The van der Waals surface area contributed by atoms with Gasteiger partial charge in [0.05, 0.1) is 22.9 Å². The van der Waals surface area contributed by atoms with Crippen molar-refractivity contribution in [2.45, 2.75) is 168 Å². The standard InChI is InChI=1S/C34H60N4O4/c1-5-7-9-11-13-15-17-19-21-23-25-37-27-28-34(4,33(27,3)29(39)35-31(37)41)30(40)36-32(42)38(28)26-24-22-20-18-16-14-12-10-8-6-2/h27-28H,5-26H2,1-4H3,(H,35,39,41)(H,36,40,42). The summed E-state index contributed by atoms with van der Waals surface area (Å²) in [5.41, 5.74) is -2.16. The molecule has 3 fully saturated rings. The first-order chi connectivity index (χ1) is 20.2. The molecule has 0 aromatic carbocycles. The minimum atomic E-state index is -1.08. The van der Waals surface area contributed by atoms with E-state index in [-0.39, 0.29) is 0 Å². The van der Waals surface area contributed by atoms with E-state index in [4.69, 9.17) is 0 Å². The number of imide groups is 2. The summed E-state index contributed by atoms with van der Waals surface area (Å²) in [6.07, 6.45) is 24.0. The number of nitrogens with one attached hydrogen (secondary N) is 2. The fourth-order valence-electron chi connectivity index (χ4n) is 7.72. The van der Waals surface area contributed by atoms with Crippen molar-refractivity contribution in [1.82, 2.24) is 20.4 Å². The van der Waals surface area contributed by atoms with Crippen molar-refractivity contribution in [2.75, 3.05) is 13.1 Å². The molecule has 3 rings (SSSR count). The summed E-state index contributed by atoms with van der Waals surface area (Å²) in [6.45, 7) is 9.14. The van der Waals surface area contributed by atoms with Crippen molar-refractivity contribution in [3.05, 3.63) is 0 Å². The predicted molar refractivity (Wildman–Crippen MR) is 168 cm³/mol. The van der Waals surface area contributed by atoms with Crippen LogP contribution in [0.15, 0.2) is 0 Å². The van der Waals surface area contributed by atoms with Crippen LogP contribution in [0.2, 0.25) is 0 Å². The molecule has 2 heterocycles. The molecular formula is C34H60N4O4. The van der Waals surface area contributed by atoms with Gasteiger partial charge in [0.25, 0.3) is 0 Å². The molecule has 6 amide bonds. The summed E-state index contributed by atoms with van der Waals surface area (Å²) in [5.74, 6) is -0.807. The second kappa shape index (κ2) is 16.7. The Balaban J connectivity index is 1.54. The molecule has 240 valence electrons. The van der Waals surface area contributed by atoms with Crippen LogP contribution in [0.5, 0.6) is 0 Å². The first-order valence-electron chi connectivity index (χ1n) is 17.5. The zero-order chi connectivity index (χ0) is 30.6. The van der Waals surface area contributed by atoms with Gasteiger partial charge < -0.3 is 9.80 Å². The second-order valence-electron chi connectivity index (χ2n) is 13.6. The monoisotopic (exact) mass is 588 g/mol. The van der Waals surface area contributed by atoms with Gasteiger partial charge in [-0.05, 0) is 26.7 Å². The average Bonchev–Trinajstić information content (AvgIpc) is 2.96. The maximum Gasteiger partial charge on any atom is 0.324 e. The van der Waals surface area contributed by atoms with Crippen LogP contribution in [-0.4, -0.2) is 58.8 Å². The molecule has 0 radical (unpaired) electrons. The van der Waals surface area contributed by atoms with Gasteiger partial charge in [-0.15, -0.1) is 0 Å². The highest BCUT2D eigenvalue weighted by Crippen LogP contribution is 2.63. The molecule has 0 bridgehead atoms. The van der Waals surface area contributed by atoms with Gasteiger partial charge in [0.2, 0.25) is 11.8 Å². The predicted octanol–water partition coefficient (Wildman–Crippen LogP) is 7.70. The topological polar surface area (TPSA) is 98.8 Å². The molecule has 4 atom stereocenters. The van der Waals surface area contributed by atoms with Crippen LogP contribution in [0, 0.1) is 10.8 Å². The third-order valence-corrected chi connectivity index (χ3v) is 10.6. The number of hydrogen-bond donors (Lipinski definition) is 2. The number of hydrogen-bond acceptors (Lipinski definition) is 4. The maximum atomic E-state index is 13.3. The molecule has 3 aliphatic rings. The van der Waals surface area contributed by atoms with Gasteiger partial charge in [0.1, 0.15) is 0 Å². The summed E-state index contributed by atoms with van der Waals surface area (Å²) in [7, 11) is 0. The Bertz CT molecular complexity index is 838. The summed E-state index contributed by atoms with van der Waals surface area (Å²) in [4.78, 5) is 56.3. The Morgan fingerprint density at radius 3 is 1.02 bits per heavy atom. The van der Waals surface area contributed by atoms with E-state index in [0.717, 1.165) is 38.5 Å². The summed E-state index contributed by atoms with van der Waals surface area (Å²) in [6, 6.07) is -1.75. The zero-order valence-corrected chi connectivity index (χ0v) is 27.2. The Morgan fingerprint density at radius 1 is 0.476 bits per heavy atom. The molecule has 8 nitrogen and oxygen atoms in total. The van der Waals surface area contributed by atoms with Crippen molar-refractivity contribution in [1.29, 1.82) is 0 Å². The number of nitrogens with zero attached hydrogens (tertiary/aromatic N) is 2. The number of carbonyl (C=O) groups is 4. The number of fused-ring (bicyclic) bond motifs is 4. The number of carbonyl (C=O) groups excluding carboxylic acids is 4. The summed E-state index contributed by atoms with van der Waals surface area (Å²) < 4.78 is 0. The van der Waals surface area contributed by atoms with Gasteiger partial charge in [-0.3, -0.25) is 20.2 Å². The minimum absolute atomic E-state index is 0.391. The van der Waals surface area contributed by atoms with Crippen LogP contribution in [0.1, 0.15) is 156 Å². The fraction of sp³-hybridized carbons (Fsp3) is 0.882. The van der Waals surface area contributed by atoms with Crippen molar-refractivity contribution < 1.29 is 19.2 Å². The van der Waals surface area contributed by atoms with Crippen LogP contribution in [0.3, 0.4) is 0 Å². The molecular weight excluding hydrogens is 528 g/mol. The van der Waals surface area contributed by atoms with Crippen LogP contribution < -0.4 is 10.6 Å². The van der Waals surface area contributed by atoms with E-state index in [9.17, 15) is 19.2 Å². The molecule has 1 aliphatic carbocycles. The van der Waals surface area contributed by atoms with E-state index in [1.807, 2.05) is 0 Å². The fourth-order valence-corrected chi connectivity index (χ4v) is 7.72. The number of urea groups is 2. The highest BCUT2D eigenvalue weighted by molar-refractivity contribution is 6.10. The normalized spacial score (nSPS) is 27.0. The molecule has 0 aromatic heterocycles. The number of unbranched alkanes of at least 4 members (excludes halogenated alkanes) is 18. The van der Waals surface area contributed by atoms with Crippen molar-refractivity contribution >= 4 is 23.9 Å². The SMILES string of the molecule is CCCCCCCCCCCCN1C(=O)NC(=O)C2(C)C1C1N(CCCCCCCCCCCC)C(=O)NC(=O)C12C. The van der Waals surface area contributed by atoms with Gasteiger partial charge in [-0.25, -0.2) is 9.59 Å². The van der Waals surface area contributed by atoms with E-state index >= 15 is 0 Å². The van der Waals surface area contributed by atoms with E-state index in [1.54, 1.807) is 23.6 Å². The first kappa shape index (κ1) is 34.4. The molecule has 2 saturated heterocycles. The Hall–Kier alpha value is -2.12. The molecule has 8 heteroatoms. The molecule has 1 saturated carbocycles. The zero-order valence-electron chi connectivity index (χ0n) is 27.2. The van der Waals surface area contributed by atoms with E-state index < -0.39 is 46.8 Å². The first-order valence-corrected chi connectivity index (χ1v) is 17.5. The van der Waals surface area contributed by atoms with E-state index in [0.29, 0.717) is 13.1 Å². The molecule has 0 aromatic rings. The van der Waals surface area contributed by atoms with E-state index in [1.165, 1.54) is 89.9 Å². The second-order valence-corrected chi connectivity index (χ2v) is 13.6. The Labute approximate surface area is 255 Å². The van der Waals surface area contributed by atoms with Crippen molar-refractivity contribution in [3.8, 4) is 0 Å². The van der Waals surface area contributed by atoms with Crippen LogP contribution in [0.25, 0.3) is 0 Å². The Kier molecular flexibility index (Phi) is 13.6. The molecule has 2 N–H and O–H groups in total. The lowest BCUT2D eigenvalue weighted by atomic mass is 9.42. The van der Waals surface area contributed by atoms with Crippen molar-refractivity contribution in [2.24, 2.45) is 10.8 Å². The Morgan fingerprint density at radius 2 is 0.738 bits per heavy atom. The van der Waals surface area contributed by atoms with Crippen LogP contribution in [0.4, 0.5) is 9.59 Å². The van der Waals surface area contributed by atoms with Crippen LogP contribution >= 0.6 is 0 Å². The lowest BCUT2D eigenvalue weighted by molar-refractivity contribution is -0.213. The minimum Gasteiger partial charge on any atom is -0.318 e. The highest BCUT2D eigenvalue weighted by atomic mass is 16.2. The largest absolute Gasteiger partial charge is 0.324 e. The smallest absolute Gasteiger partial charge is 0.318 e. The van der Waals surface area contributed by atoms with Gasteiger partial charge >= 0.3 is 12.1 Å². The third-order valence-electron chi connectivity index (χ3n) is 10.6. The van der Waals surface area contributed by atoms with Crippen molar-refractivity contribution in [3.63, 3.8) is 0 Å². The highest BCUT2D eigenvalue weighted by Gasteiger charge is 2.80. The van der Waals surface area contributed by atoms with Gasteiger partial charge in [-0.1, -0.05) is 129 Å². The molecule has 4 unspecified atom stereocenters. The van der Waals surface area contributed by atoms with E-state index in [2.05, 4.69) is 24.5 Å². The van der Waals surface area contributed by atoms with Gasteiger partial charge in [-0.2, -0.15) is 0 Å².